The van der Waals surface area contributed by atoms with Gasteiger partial charge < -0.3 is 15.3 Å². The van der Waals surface area contributed by atoms with Crippen LogP contribution in [-0.4, -0.2) is 39.9 Å². The standard InChI is InChI=1S/C11H14O4/c1-2-3-8(6-12)10-9(14)4-5-11(10,15)7-13/h2-5,10,12-13,15H,1,6-7H2. The fraction of sp³-hybridized carbons (Fsp3) is 0.364. The summed E-state index contributed by atoms with van der Waals surface area (Å²) in [5, 5.41) is 28.0. The van der Waals surface area contributed by atoms with Crippen molar-refractivity contribution in [3.8, 4) is 0 Å². The molecule has 0 spiro atoms. The van der Waals surface area contributed by atoms with Crippen LogP contribution in [0.2, 0.25) is 0 Å². The smallest absolute Gasteiger partial charge is 0.166 e. The minimum Gasteiger partial charge on any atom is -0.393 e. The molecule has 4 heteroatoms. The molecule has 2 unspecified atom stereocenters. The summed E-state index contributed by atoms with van der Waals surface area (Å²) in [4.78, 5) is 11.5. The summed E-state index contributed by atoms with van der Waals surface area (Å²) in [5.74, 6) is -1.24. The van der Waals surface area contributed by atoms with Crippen LogP contribution in [0.5, 0.6) is 0 Å². The Morgan fingerprint density at radius 2 is 2.27 bits per heavy atom. The third-order valence-corrected chi connectivity index (χ3v) is 2.46. The number of ketones is 1. The highest BCUT2D eigenvalue weighted by Gasteiger charge is 2.44. The van der Waals surface area contributed by atoms with E-state index in [1.165, 1.54) is 24.3 Å². The molecule has 0 aromatic heterocycles. The van der Waals surface area contributed by atoms with Gasteiger partial charge in [-0.15, -0.1) is 0 Å². The SMILES string of the molecule is C=CC=C(CO)C1C(=O)C=CC1(O)CO. The van der Waals surface area contributed by atoms with Crippen molar-refractivity contribution in [2.45, 2.75) is 5.60 Å². The van der Waals surface area contributed by atoms with E-state index >= 15 is 0 Å². The second-order valence-corrected chi connectivity index (χ2v) is 3.45. The number of hydrogen-bond donors (Lipinski definition) is 3. The lowest BCUT2D eigenvalue weighted by molar-refractivity contribution is -0.122. The van der Waals surface area contributed by atoms with Crippen LogP contribution in [0.3, 0.4) is 0 Å². The van der Waals surface area contributed by atoms with Crippen molar-refractivity contribution in [1.29, 1.82) is 0 Å². The molecule has 0 bridgehead atoms. The molecule has 0 amide bonds. The molecule has 1 aliphatic carbocycles. The van der Waals surface area contributed by atoms with Crippen molar-refractivity contribution < 1.29 is 20.1 Å². The quantitative estimate of drug-likeness (QED) is 0.550. The van der Waals surface area contributed by atoms with E-state index in [0.29, 0.717) is 5.57 Å². The summed E-state index contributed by atoms with van der Waals surface area (Å²) in [5.41, 5.74) is -1.26. The molecular formula is C11H14O4. The first-order chi connectivity index (χ1) is 7.09. The summed E-state index contributed by atoms with van der Waals surface area (Å²) in [7, 11) is 0. The summed E-state index contributed by atoms with van der Waals surface area (Å²) in [6.45, 7) is 2.54. The lowest BCUT2D eigenvalue weighted by atomic mass is 9.84. The molecule has 0 fully saturated rings. The molecule has 82 valence electrons. The van der Waals surface area contributed by atoms with Crippen molar-refractivity contribution in [3.63, 3.8) is 0 Å². The summed E-state index contributed by atoms with van der Waals surface area (Å²) >= 11 is 0. The molecule has 1 rings (SSSR count). The third-order valence-electron chi connectivity index (χ3n) is 2.46. The number of rotatable bonds is 4. The van der Waals surface area contributed by atoms with Crippen LogP contribution in [-0.2, 0) is 4.79 Å². The Morgan fingerprint density at radius 3 is 2.73 bits per heavy atom. The van der Waals surface area contributed by atoms with E-state index in [-0.39, 0.29) is 12.4 Å². The van der Waals surface area contributed by atoms with E-state index in [1.54, 1.807) is 0 Å². The Balaban J connectivity index is 3.06. The molecule has 2 atom stereocenters. The Morgan fingerprint density at radius 1 is 1.60 bits per heavy atom. The van der Waals surface area contributed by atoms with Gasteiger partial charge in [0.1, 0.15) is 5.60 Å². The summed E-state index contributed by atoms with van der Waals surface area (Å²) in [6, 6.07) is 0. The topological polar surface area (TPSA) is 77.8 Å². The van der Waals surface area contributed by atoms with E-state index < -0.39 is 18.1 Å². The number of carbonyl (C=O) groups excluding carboxylic acids is 1. The van der Waals surface area contributed by atoms with E-state index in [0.717, 1.165) is 0 Å². The number of aliphatic hydroxyl groups excluding tert-OH is 2. The molecule has 0 aliphatic heterocycles. The zero-order valence-corrected chi connectivity index (χ0v) is 8.26. The molecule has 0 aromatic carbocycles. The Labute approximate surface area is 87.9 Å². The van der Waals surface area contributed by atoms with Gasteiger partial charge in [-0.1, -0.05) is 18.7 Å². The number of hydrogen-bond acceptors (Lipinski definition) is 4. The average Bonchev–Trinajstić information content (AvgIpc) is 2.53. The van der Waals surface area contributed by atoms with Gasteiger partial charge in [0.25, 0.3) is 0 Å². The zero-order chi connectivity index (χ0) is 11.5. The van der Waals surface area contributed by atoms with E-state index in [4.69, 9.17) is 10.2 Å². The highest BCUT2D eigenvalue weighted by molar-refractivity contribution is 5.98. The maximum absolute atomic E-state index is 11.5. The fourth-order valence-electron chi connectivity index (χ4n) is 1.70. The molecule has 3 N–H and O–H groups in total. The molecule has 0 saturated carbocycles. The first-order valence-electron chi connectivity index (χ1n) is 4.57. The van der Waals surface area contributed by atoms with Crippen molar-refractivity contribution in [2.24, 2.45) is 5.92 Å². The predicted octanol–water partition coefficient (Wildman–Crippen LogP) is -0.430. The van der Waals surface area contributed by atoms with Gasteiger partial charge in [-0.2, -0.15) is 0 Å². The molecule has 0 saturated heterocycles. The monoisotopic (exact) mass is 210 g/mol. The molecule has 0 aromatic rings. The molecule has 0 heterocycles. The van der Waals surface area contributed by atoms with Gasteiger partial charge in [-0.05, 0) is 17.7 Å². The molecule has 15 heavy (non-hydrogen) atoms. The van der Waals surface area contributed by atoms with E-state index in [1.807, 2.05) is 0 Å². The van der Waals surface area contributed by atoms with Gasteiger partial charge in [-0.3, -0.25) is 4.79 Å². The second-order valence-electron chi connectivity index (χ2n) is 3.45. The zero-order valence-electron chi connectivity index (χ0n) is 8.26. The third kappa shape index (κ3) is 2.07. The molecule has 1 aliphatic rings. The summed E-state index contributed by atoms with van der Waals surface area (Å²) in [6.07, 6.45) is 5.37. The van der Waals surface area contributed by atoms with Crippen LogP contribution >= 0.6 is 0 Å². The normalized spacial score (nSPS) is 31.0. The molecular weight excluding hydrogens is 196 g/mol. The molecule has 0 radical (unpaired) electrons. The predicted molar refractivity (Wildman–Crippen MR) is 55.0 cm³/mol. The first kappa shape index (κ1) is 11.8. The maximum atomic E-state index is 11.5. The number of allylic oxidation sites excluding steroid dienone is 3. The van der Waals surface area contributed by atoms with Crippen LogP contribution in [0, 0.1) is 5.92 Å². The van der Waals surface area contributed by atoms with Gasteiger partial charge in [0, 0.05) is 0 Å². The van der Waals surface area contributed by atoms with Gasteiger partial charge in [-0.25, -0.2) is 0 Å². The van der Waals surface area contributed by atoms with Gasteiger partial charge in [0.05, 0.1) is 19.1 Å². The minimum absolute atomic E-state index is 0.325. The first-order valence-corrected chi connectivity index (χ1v) is 4.57. The van der Waals surface area contributed by atoms with E-state index in [9.17, 15) is 9.90 Å². The lowest BCUT2D eigenvalue weighted by Gasteiger charge is -2.27. The Kier molecular flexibility index (Phi) is 3.57. The van der Waals surface area contributed by atoms with Crippen LogP contribution in [0.4, 0.5) is 0 Å². The summed E-state index contributed by atoms with van der Waals surface area (Å²) < 4.78 is 0. The largest absolute Gasteiger partial charge is 0.393 e. The van der Waals surface area contributed by atoms with Crippen molar-refractivity contribution in [3.05, 3.63) is 36.5 Å². The lowest BCUT2D eigenvalue weighted by Crippen LogP contribution is -2.41. The van der Waals surface area contributed by atoms with Gasteiger partial charge >= 0.3 is 0 Å². The minimum atomic E-state index is -1.60. The average molecular weight is 210 g/mol. The maximum Gasteiger partial charge on any atom is 0.166 e. The van der Waals surface area contributed by atoms with Gasteiger partial charge in [0.2, 0.25) is 0 Å². The van der Waals surface area contributed by atoms with Crippen LogP contribution < -0.4 is 0 Å². The van der Waals surface area contributed by atoms with Crippen molar-refractivity contribution in [1.82, 2.24) is 0 Å². The van der Waals surface area contributed by atoms with Crippen molar-refractivity contribution in [2.75, 3.05) is 13.2 Å². The molecule has 4 nitrogen and oxygen atoms in total. The number of aliphatic hydroxyl groups is 3. The highest BCUT2D eigenvalue weighted by Crippen LogP contribution is 2.32. The van der Waals surface area contributed by atoms with Crippen LogP contribution in [0.25, 0.3) is 0 Å². The van der Waals surface area contributed by atoms with E-state index in [2.05, 4.69) is 6.58 Å². The number of carbonyl (C=O) groups is 1. The van der Waals surface area contributed by atoms with Crippen molar-refractivity contribution >= 4 is 5.78 Å². The van der Waals surface area contributed by atoms with Gasteiger partial charge in [0.15, 0.2) is 5.78 Å². The Hall–Kier alpha value is -1.23. The van der Waals surface area contributed by atoms with Crippen LogP contribution in [0.15, 0.2) is 36.5 Å². The second kappa shape index (κ2) is 4.53. The Bertz CT molecular complexity index is 329. The fourth-order valence-corrected chi connectivity index (χ4v) is 1.70. The van der Waals surface area contributed by atoms with Crippen LogP contribution in [0.1, 0.15) is 0 Å². The highest BCUT2D eigenvalue weighted by atomic mass is 16.3.